The number of hydrogen-bond donors (Lipinski definition) is 1. The molecular formula is C22H22FN3O. The molecule has 1 atom stereocenters. The Labute approximate surface area is 158 Å². The smallest absolute Gasteiger partial charge is 0.253 e. The molecule has 4 nitrogen and oxygen atoms in total. The third-order valence-electron chi connectivity index (χ3n) is 5.12. The Kier molecular flexibility index (Phi) is 4.86. The summed E-state index contributed by atoms with van der Waals surface area (Å²) in [4.78, 5) is 18.8. The van der Waals surface area contributed by atoms with Crippen LogP contribution in [0.15, 0.2) is 54.7 Å². The Bertz CT molecular complexity index is 971. The number of benzene rings is 2. The lowest BCUT2D eigenvalue weighted by Gasteiger charge is -2.17. The number of likely N-dealkylation sites (tertiary alicyclic amines) is 1. The summed E-state index contributed by atoms with van der Waals surface area (Å²) < 4.78 is 13.0. The van der Waals surface area contributed by atoms with E-state index in [0.29, 0.717) is 18.7 Å². The van der Waals surface area contributed by atoms with Crippen molar-refractivity contribution in [2.24, 2.45) is 0 Å². The normalized spacial score (nSPS) is 16.8. The second-order valence-corrected chi connectivity index (χ2v) is 7.11. The molecule has 0 unspecified atom stereocenters. The van der Waals surface area contributed by atoms with Crippen LogP contribution in [0.25, 0.3) is 10.9 Å². The first-order valence-corrected chi connectivity index (χ1v) is 9.22. The van der Waals surface area contributed by atoms with Crippen LogP contribution in [0.3, 0.4) is 0 Å². The Morgan fingerprint density at radius 1 is 1.26 bits per heavy atom. The number of fused-ring (bicyclic) bond motifs is 1. The molecule has 1 aliphatic rings. The lowest BCUT2D eigenvalue weighted by atomic mass is 10.1. The van der Waals surface area contributed by atoms with Crippen LogP contribution >= 0.6 is 0 Å². The number of amides is 1. The van der Waals surface area contributed by atoms with Crippen molar-refractivity contribution >= 4 is 16.8 Å². The van der Waals surface area contributed by atoms with Crippen molar-refractivity contribution in [3.8, 4) is 0 Å². The topological polar surface area (TPSA) is 45.2 Å². The molecule has 0 bridgehead atoms. The highest BCUT2D eigenvalue weighted by molar-refractivity contribution is 5.94. The second-order valence-electron chi connectivity index (χ2n) is 7.11. The van der Waals surface area contributed by atoms with Gasteiger partial charge in [0.25, 0.3) is 5.91 Å². The van der Waals surface area contributed by atoms with Gasteiger partial charge in [-0.3, -0.25) is 9.78 Å². The molecular weight excluding hydrogens is 341 g/mol. The predicted octanol–water partition coefficient (Wildman–Crippen LogP) is 3.69. The molecule has 4 rings (SSSR count). The molecule has 1 aromatic heterocycles. The van der Waals surface area contributed by atoms with Gasteiger partial charge in [0.05, 0.1) is 5.52 Å². The zero-order valence-corrected chi connectivity index (χ0v) is 15.3. The molecule has 2 heterocycles. The van der Waals surface area contributed by atoms with Gasteiger partial charge in [-0.25, -0.2) is 4.39 Å². The van der Waals surface area contributed by atoms with Crippen LogP contribution in [0, 0.1) is 12.7 Å². The van der Waals surface area contributed by atoms with Gasteiger partial charge < -0.3 is 10.2 Å². The van der Waals surface area contributed by atoms with E-state index in [1.807, 2.05) is 17.2 Å². The number of carbonyl (C=O) groups is 1. The number of nitrogens with one attached hydrogen (secondary N) is 1. The summed E-state index contributed by atoms with van der Waals surface area (Å²) in [6.07, 6.45) is 2.74. The van der Waals surface area contributed by atoms with E-state index in [4.69, 9.17) is 0 Å². The van der Waals surface area contributed by atoms with Crippen LogP contribution in [0.2, 0.25) is 0 Å². The number of rotatable bonds is 4. The first-order chi connectivity index (χ1) is 13.1. The van der Waals surface area contributed by atoms with E-state index in [1.165, 1.54) is 23.3 Å². The number of hydrogen-bond acceptors (Lipinski definition) is 3. The quantitative estimate of drug-likeness (QED) is 0.769. The third-order valence-corrected chi connectivity index (χ3v) is 5.12. The Balaban J connectivity index is 1.37. The maximum atomic E-state index is 13.0. The van der Waals surface area contributed by atoms with Crippen LogP contribution in [-0.2, 0) is 6.54 Å². The van der Waals surface area contributed by atoms with Gasteiger partial charge in [-0.15, -0.1) is 0 Å². The van der Waals surface area contributed by atoms with Crippen LogP contribution in [0.5, 0.6) is 0 Å². The minimum atomic E-state index is -0.326. The van der Waals surface area contributed by atoms with Gasteiger partial charge in [-0.1, -0.05) is 12.1 Å². The molecule has 1 fully saturated rings. The van der Waals surface area contributed by atoms with E-state index in [-0.39, 0.29) is 17.8 Å². The van der Waals surface area contributed by atoms with Crippen molar-refractivity contribution in [2.45, 2.75) is 25.9 Å². The van der Waals surface area contributed by atoms with Gasteiger partial charge in [-0.2, -0.15) is 0 Å². The molecule has 27 heavy (non-hydrogen) atoms. The number of carbonyl (C=O) groups excluding carboxylic acids is 1. The summed E-state index contributed by atoms with van der Waals surface area (Å²) in [7, 11) is 0. The highest BCUT2D eigenvalue weighted by Gasteiger charge is 2.26. The predicted molar refractivity (Wildman–Crippen MR) is 104 cm³/mol. The van der Waals surface area contributed by atoms with Crippen molar-refractivity contribution in [1.82, 2.24) is 15.2 Å². The lowest BCUT2D eigenvalue weighted by molar-refractivity contribution is 0.0789. The highest BCUT2D eigenvalue weighted by atomic mass is 19.1. The average molecular weight is 363 g/mol. The zero-order valence-electron chi connectivity index (χ0n) is 15.3. The van der Waals surface area contributed by atoms with E-state index in [0.717, 1.165) is 23.9 Å². The fourth-order valence-corrected chi connectivity index (χ4v) is 3.70. The van der Waals surface area contributed by atoms with Crippen molar-refractivity contribution in [3.05, 3.63) is 77.2 Å². The monoisotopic (exact) mass is 363 g/mol. The Morgan fingerprint density at radius 3 is 2.89 bits per heavy atom. The van der Waals surface area contributed by atoms with Gasteiger partial charge in [0, 0.05) is 42.8 Å². The van der Waals surface area contributed by atoms with Gasteiger partial charge in [0.1, 0.15) is 5.82 Å². The van der Waals surface area contributed by atoms with Crippen LogP contribution in [0.4, 0.5) is 4.39 Å². The first-order valence-electron chi connectivity index (χ1n) is 9.22. The fourth-order valence-electron chi connectivity index (χ4n) is 3.70. The first kappa shape index (κ1) is 17.6. The maximum absolute atomic E-state index is 13.0. The number of halogens is 1. The highest BCUT2D eigenvalue weighted by Crippen LogP contribution is 2.19. The van der Waals surface area contributed by atoms with Crippen LogP contribution in [0.1, 0.15) is 27.9 Å². The average Bonchev–Trinajstić information content (AvgIpc) is 3.15. The standard InChI is InChI=1S/C22H22FN3O/c1-15-11-16(12-18-3-2-9-24-21(15)18)13-25-20-8-10-26(14-20)22(27)17-4-6-19(23)7-5-17/h2-7,9,11-12,20,25H,8,10,13-14H2,1H3/t20-/m0/s1. The van der Waals surface area contributed by atoms with Gasteiger partial charge in [0.15, 0.2) is 0 Å². The number of pyridine rings is 1. The molecule has 1 saturated heterocycles. The molecule has 2 aromatic carbocycles. The van der Waals surface area contributed by atoms with Gasteiger partial charge in [-0.05, 0) is 60.9 Å². The molecule has 138 valence electrons. The summed E-state index contributed by atoms with van der Waals surface area (Å²) in [6, 6.07) is 14.4. The summed E-state index contributed by atoms with van der Waals surface area (Å²) >= 11 is 0. The minimum absolute atomic E-state index is 0.0353. The van der Waals surface area contributed by atoms with E-state index in [2.05, 4.69) is 35.4 Å². The molecule has 1 amide bonds. The number of aryl methyl sites for hydroxylation is 1. The zero-order chi connectivity index (χ0) is 18.8. The molecule has 0 radical (unpaired) electrons. The maximum Gasteiger partial charge on any atom is 0.253 e. The van der Waals surface area contributed by atoms with Crippen molar-refractivity contribution < 1.29 is 9.18 Å². The molecule has 1 aliphatic heterocycles. The Morgan fingerprint density at radius 2 is 2.07 bits per heavy atom. The molecule has 3 aromatic rings. The molecule has 0 saturated carbocycles. The van der Waals surface area contributed by atoms with E-state index < -0.39 is 0 Å². The van der Waals surface area contributed by atoms with Crippen molar-refractivity contribution in [1.29, 1.82) is 0 Å². The van der Waals surface area contributed by atoms with Crippen molar-refractivity contribution in [3.63, 3.8) is 0 Å². The lowest BCUT2D eigenvalue weighted by Crippen LogP contribution is -2.34. The SMILES string of the molecule is Cc1cc(CN[C@H]2CCN(C(=O)c3ccc(F)cc3)C2)cc2cccnc12. The van der Waals surface area contributed by atoms with Gasteiger partial charge >= 0.3 is 0 Å². The summed E-state index contributed by atoms with van der Waals surface area (Å²) in [5.74, 6) is -0.361. The third kappa shape index (κ3) is 3.83. The summed E-state index contributed by atoms with van der Waals surface area (Å²) in [5, 5.41) is 4.71. The minimum Gasteiger partial charge on any atom is -0.337 e. The molecule has 5 heteroatoms. The summed E-state index contributed by atoms with van der Waals surface area (Å²) in [5.41, 5.74) is 3.97. The molecule has 0 aliphatic carbocycles. The van der Waals surface area contributed by atoms with Crippen LogP contribution in [-0.4, -0.2) is 34.9 Å². The van der Waals surface area contributed by atoms with Crippen LogP contribution < -0.4 is 5.32 Å². The largest absolute Gasteiger partial charge is 0.337 e. The van der Waals surface area contributed by atoms with E-state index in [1.54, 1.807) is 12.1 Å². The summed E-state index contributed by atoms with van der Waals surface area (Å²) in [6.45, 7) is 4.23. The number of nitrogens with zero attached hydrogens (tertiary/aromatic N) is 2. The van der Waals surface area contributed by atoms with E-state index in [9.17, 15) is 9.18 Å². The van der Waals surface area contributed by atoms with Crippen molar-refractivity contribution in [2.75, 3.05) is 13.1 Å². The second kappa shape index (κ2) is 7.45. The molecule has 1 N–H and O–H groups in total. The van der Waals surface area contributed by atoms with Gasteiger partial charge in [0.2, 0.25) is 0 Å². The molecule has 0 spiro atoms. The Hall–Kier alpha value is -2.79. The van der Waals surface area contributed by atoms with E-state index >= 15 is 0 Å². The number of aromatic nitrogens is 1. The fraction of sp³-hybridized carbons (Fsp3) is 0.273.